The first kappa shape index (κ1) is 29.2. The molecule has 228 valence electrons. The predicted molar refractivity (Wildman–Crippen MR) is 164 cm³/mol. The van der Waals surface area contributed by atoms with Gasteiger partial charge in [-0.3, -0.25) is 9.88 Å². The highest BCUT2D eigenvalue weighted by atomic mass is 19.1. The molecule has 0 bridgehead atoms. The molecule has 3 aromatic carbocycles. The number of hydrogen-bond donors (Lipinski definition) is 1. The fourth-order valence-corrected chi connectivity index (χ4v) is 5.29. The average molecular weight is 602 g/mol. The van der Waals surface area contributed by atoms with E-state index in [2.05, 4.69) is 15.2 Å². The number of aromatic nitrogens is 1. The zero-order chi connectivity index (χ0) is 30.5. The molecule has 4 aromatic rings. The quantitative estimate of drug-likeness (QED) is 0.197. The highest BCUT2D eigenvalue weighted by Gasteiger charge is 2.21. The van der Waals surface area contributed by atoms with Crippen LogP contribution >= 0.6 is 0 Å². The van der Waals surface area contributed by atoms with Crippen LogP contribution in [0.2, 0.25) is 0 Å². The van der Waals surface area contributed by atoms with Crippen molar-refractivity contribution < 1.29 is 27.8 Å². The highest BCUT2D eigenvalue weighted by Crippen LogP contribution is 2.38. The van der Waals surface area contributed by atoms with E-state index in [0.29, 0.717) is 34.8 Å². The van der Waals surface area contributed by atoms with Crippen LogP contribution in [0.4, 0.5) is 25.0 Å². The number of carbonyl (C=O) groups excluding carboxylic acids is 1. The third-order valence-electron chi connectivity index (χ3n) is 7.62. The average Bonchev–Trinajstić information content (AvgIpc) is 3.74. The summed E-state index contributed by atoms with van der Waals surface area (Å²) in [6.45, 7) is 4.10. The molecule has 0 saturated carbocycles. The van der Waals surface area contributed by atoms with Gasteiger partial charge in [-0.15, -0.1) is 0 Å². The summed E-state index contributed by atoms with van der Waals surface area (Å²) in [5.41, 5.74) is 1.63. The molecule has 3 heterocycles. The van der Waals surface area contributed by atoms with Crippen LogP contribution in [0.1, 0.15) is 19.3 Å². The molecule has 0 aliphatic carbocycles. The third-order valence-corrected chi connectivity index (χ3v) is 7.62. The standard InChI is InChI=1S/C33H33F2N5O4/c1-42-31-20-26-28(21-32(31)43-18-4-15-38-13-2-3-14-38)36-12-11-29(26)44-30-10-7-24(19-27(30)35)37-33(41)40-17-16-39(22-40)25-8-5-23(34)6-9-25/h5-12,16-17,19-21H,2-4,13-15,18,22H2,1H3,(H,37,41). The van der Waals surface area contributed by atoms with Crippen molar-refractivity contribution in [1.29, 1.82) is 0 Å². The van der Waals surface area contributed by atoms with Crippen LogP contribution < -0.4 is 24.4 Å². The number of anilines is 2. The first-order valence-corrected chi connectivity index (χ1v) is 14.5. The zero-order valence-corrected chi connectivity index (χ0v) is 24.3. The van der Waals surface area contributed by atoms with Gasteiger partial charge in [0.15, 0.2) is 23.1 Å². The number of likely N-dealkylation sites (tertiary alicyclic amines) is 1. The minimum absolute atomic E-state index is 0.0136. The number of halogens is 2. The molecule has 2 aliphatic heterocycles. The zero-order valence-electron chi connectivity index (χ0n) is 24.3. The van der Waals surface area contributed by atoms with Crippen molar-refractivity contribution in [2.24, 2.45) is 0 Å². The number of nitrogens with one attached hydrogen (secondary N) is 1. The summed E-state index contributed by atoms with van der Waals surface area (Å²) in [4.78, 5) is 22.9. The number of urea groups is 1. The molecule has 0 atom stereocenters. The van der Waals surface area contributed by atoms with Crippen LogP contribution in [-0.4, -0.2) is 60.8 Å². The van der Waals surface area contributed by atoms with Crippen molar-refractivity contribution in [3.05, 3.63) is 90.9 Å². The Labute approximate surface area is 254 Å². The molecule has 1 N–H and O–H groups in total. The number of carbonyl (C=O) groups is 1. The lowest BCUT2D eigenvalue weighted by molar-refractivity contribution is 0.231. The first-order chi connectivity index (χ1) is 21.5. The van der Waals surface area contributed by atoms with E-state index in [4.69, 9.17) is 14.2 Å². The van der Waals surface area contributed by atoms with Crippen LogP contribution in [0.15, 0.2) is 79.3 Å². The van der Waals surface area contributed by atoms with E-state index < -0.39 is 11.8 Å². The number of nitrogens with zero attached hydrogens (tertiary/aromatic N) is 4. The Hall–Kier alpha value is -4.90. The fourth-order valence-electron chi connectivity index (χ4n) is 5.29. The molecular formula is C33H33F2N5O4. The van der Waals surface area contributed by atoms with Gasteiger partial charge in [0.2, 0.25) is 0 Å². The first-order valence-electron chi connectivity index (χ1n) is 14.5. The predicted octanol–water partition coefficient (Wildman–Crippen LogP) is 6.96. The van der Waals surface area contributed by atoms with Crippen molar-refractivity contribution in [2.75, 3.05) is 50.2 Å². The summed E-state index contributed by atoms with van der Waals surface area (Å²) in [7, 11) is 1.57. The topological polar surface area (TPSA) is 79.4 Å². The van der Waals surface area contributed by atoms with Crippen LogP contribution in [0.3, 0.4) is 0 Å². The Bertz CT molecular complexity index is 1660. The van der Waals surface area contributed by atoms with Crippen molar-refractivity contribution in [3.63, 3.8) is 0 Å². The number of pyridine rings is 1. The number of rotatable bonds is 10. The van der Waals surface area contributed by atoms with E-state index in [-0.39, 0.29) is 23.9 Å². The van der Waals surface area contributed by atoms with Gasteiger partial charge in [0.25, 0.3) is 0 Å². The third kappa shape index (κ3) is 6.68. The van der Waals surface area contributed by atoms with Crippen LogP contribution in [-0.2, 0) is 0 Å². The molecule has 2 aliphatic rings. The number of fused-ring (bicyclic) bond motifs is 1. The summed E-state index contributed by atoms with van der Waals surface area (Å²) >= 11 is 0. The molecule has 44 heavy (non-hydrogen) atoms. The molecule has 2 amide bonds. The van der Waals surface area contributed by atoms with E-state index in [1.807, 2.05) is 0 Å². The van der Waals surface area contributed by atoms with Gasteiger partial charge in [-0.2, -0.15) is 0 Å². The summed E-state index contributed by atoms with van der Waals surface area (Å²) in [5.74, 6) is 0.515. The lowest BCUT2D eigenvalue weighted by Gasteiger charge is -2.20. The van der Waals surface area contributed by atoms with E-state index in [1.165, 1.54) is 42.0 Å². The van der Waals surface area contributed by atoms with Gasteiger partial charge in [0.05, 0.1) is 19.2 Å². The maximum atomic E-state index is 15.2. The molecule has 1 saturated heterocycles. The molecule has 11 heteroatoms. The molecule has 1 aromatic heterocycles. The highest BCUT2D eigenvalue weighted by molar-refractivity contribution is 5.91. The Balaban J connectivity index is 1.09. The van der Waals surface area contributed by atoms with Crippen molar-refractivity contribution in [3.8, 4) is 23.0 Å². The van der Waals surface area contributed by atoms with E-state index in [9.17, 15) is 9.18 Å². The largest absolute Gasteiger partial charge is 0.493 e. The maximum Gasteiger partial charge on any atom is 0.327 e. The Morgan fingerprint density at radius 2 is 1.75 bits per heavy atom. The summed E-state index contributed by atoms with van der Waals surface area (Å²) in [6, 6.07) is 15.0. The molecular weight excluding hydrogens is 568 g/mol. The SMILES string of the molecule is COc1cc2c(Oc3ccc(NC(=O)N4C=CN(c5ccc(F)cc5)C4)cc3F)ccnc2cc1OCCCN1CCCC1. The Morgan fingerprint density at radius 1 is 0.932 bits per heavy atom. The Kier molecular flexibility index (Phi) is 8.74. The molecule has 0 spiro atoms. The Morgan fingerprint density at radius 3 is 2.52 bits per heavy atom. The molecule has 9 nitrogen and oxygen atoms in total. The number of ether oxygens (including phenoxy) is 3. The number of amides is 2. The second kappa shape index (κ2) is 13.2. The minimum Gasteiger partial charge on any atom is -0.493 e. The lowest BCUT2D eigenvalue weighted by Crippen LogP contribution is -2.33. The summed E-state index contributed by atoms with van der Waals surface area (Å²) in [6.07, 6.45) is 8.33. The van der Waals surface area contributed by atoms with E-state index >= 15 is 4.39 Å². The van der Waals surface area contributed by atoms with Gasteiger partial charge in [-0.1, -0.05) is 0 Å². The maximum absolute atomic E-state index is 15.2. The van der Waals surface area contributed by atoms with Crippen LogP contribution in [0, 0.1) is 11.6 Å². The van der Waals surface area contributed by atoms with Gasteiger partial charge < -0.3 is 29.3 Å². The molecule has 0 unspecified atom stereocenters. The van der Waals surface area contributed by atoms with Crippen LogP contribution in [0.5, 0.6) is 23.0 Å². The van der Waals surface area contributed by atoms with Crippen molar-refractivity contribution in [2.45, 2.75) is 19.3 Å². The van der Waals surface area contributed by atoms with E-state index in [0.717, 1.165) is 31.7 Å². The van der Waals surface area contributed by atoms with Crippen molar-refractivity contribution in [1.82, 2.24) is 14.8 Å². The van der Waals surface area contributed by atoms with Crippen molar-refractivity contribution >= 4 is 28.3 Å². The van der Waals surface area contributed by atoms with Crippen LogP contribution in [0.25, 0.3) is 10.9 Å². The molecule has 6 rings (SSSR count). The van der Waals surface area contributed by atoms with Gasteiger partial charge in [0, 0.05) is 54.0 Å². The second-order valence-electron chi connectivity index (χ2n) is 10.6. The number of benzene rings is 3. The monoisotopic (exact) mass is 601 g/mol. The lowest BCUT2D eigenvalue weighted by atomic mass is 10.1. The number of hydrogen-bond acceptors (Lipinski definition) is 7. The molecule has 1 fully saturated rings. The summed E-state index contributed by atoms with van der Waals surface area (Å²) in [5, 5.41) is 3.33. The van der Waals surface area contributed by atoms with Gasteiger partial charge >= 0.3 is 6.03 Å². The number of methoxy groups -OCH3 is 1. The normalized spacial score (nSPS) is 14.8. The fraction of sp³-hybridized carbons (Fsp3) is 0.273. The second-order valence-corrected chi connectivity index (χ2v) is 10.6. The van der Waals surface area contributed by atoms with Gasteiger partial charge in [-0.25, -0.2) is 13.6 Å². The summed E-state index contributed by atoms with van der Waals surface area (Å²) < 4.78 is 46.0. The van der Waals surface area contributed by atoms with E-state index in [1.54, 1.807) is 67.0 Å². The molecule has 0 radical (unpaired) electrons. The minimum atomic E-state index is -0.650. The van der Waals surface area contributed by atoms with Gasteiger partial charge in [0.1, 0.15) is 18.2 Å². The smallest absolute Gasteiger partial charge is 0.327 e. The van der Waals surface area contributed by atoms with Gasteiger partial charge in [-0.05, 0) is 80.9 Å².